The number of rotatable bonds is 2. The summed E-state index contributed by atoms with van der Waals surface area (Å²) in [6.45, 7) is 0. The molecule has 0 N–H and O–H groups in total. The maximum atomic E-state index is 11.7. The minimum absolute atomic E-state index is 0.00898. The predicted molar refractivity (Wildman–Crippen MR) is 36.4 cm³/mol. The van der Waals surface area contributed by atoms with E-state index in [1.165, 1.54) is 11.8 Å². The van der Waals surface area contributed by atoms with Crippen molar-refractivity contribution in [3.8, 4) is 0 Å². The third kappa shape index (κ3) is 1.94. The molecule has 0 radical (unpaired) electrons. The molecule has 58 valence electrons. The fourth-order valence-corrected chi connectivity index (χ4v) is 2.09. The summed E-state index contributed by atoms with van der Waals surface area (Å²) in [5, 5.41) is 0. The van der Waals surface area contributed by atoms with Gasteiger partial charge in [0.15, 0.2) is 0 Å². The number of ketones is 1. The smallest absolute Gasteiger partial charge is 0.239 e. The highest BCUT2D eigenvalue weighted by Crippen LogP contribution is 2.25. The summed E-state index contributed by atoms with van der Waals surface area (Å²) in [4.78, 5) is 10.8. The van der Waals surface area contributed by atoms with Crippen LogP contribution in [-0.4, -0.2) is 23.7 Å². The first-order chi connectivity index (χ1) is 4.70. The molecular formula is C6H8F2OS. The van der Waals surface area contributed by atoms with Crippen LogP contribution in [0.1, 0.15) is 6.42 Å². The zero-order chi connectivity index (χ0) is 7.56. The van der Waals surface area contributed by atoms with Crippen molar-refractivity contribution in [1.82, 2.24) is 0 Å². The SMILES string of the molecule is O=C1CSCC1CC(F)F. The largest absolute Gasteiger partial charge is 0.298 e. The van der Waals surface area contributed by atoms with Crippen LogP contribution in [0.5, 0.6) is 0 Å². The molecule has 4 heteroatoms. The first kappa shape index (κ1) is 7.98. The van der Waals surface area contributed by atoms with Crippen LogP contribution >= 0.6 is 11.8 Å². The normalized spacial score (nSPS) is 26.3. The molecule has 0 aromatic rings. The van der Waals surface area contributed by atoms with Crippen LogP contribution in [0, 0.1) is 5.92 Å². The fourth-order valence-electron chi connectivity index (χ4n) is 0.927. The molecule has 1 atom stereocenters. The second-order valence-corrected chi connectivity index (χ2v) is 3.34. The molecule has 0 bridgehead atoms. The average Bonchev–Trinajstić information content (AvgIpc) is 2.15. The standard InChI is InChI=1S/C6H8F2OS/c7-6(8)1-4-2-10-3-5(4)9/h4,6H,1-3H2. The Kier molecular flexibility index (Phi) is 2.65. The van der Waals surface area contributed by atoms with Gasteiger partial charge in [0, 0.05) is 18.1 Å². The van der Waals surface area contributed by atoms with E-state index in [0.29, 0.717) is 11.5 Å². The van der Waals surface area contributed by atoms with Gasteiger partial charge >= 0.3 is 0 Å². The zero-order valence-corrected chi connectivity index (χ0v) is 6.16. The van der Waals surface area contributed by atoms with Crippen LogP contribution in [0.2, 0.25) is 0 Å². The van der Waals surface area contributed by atoms with Gasteiger partial charge in [-0.15, -0.1) is 0 Å². The van der Waals surface area contributed by atoms with Gasteiger partial charge in [-0.05, 0) is 0 Å². The minimum atomic E-state index is -2.33. The van der Waals surface area contributed by atoms with E-state index in [1.807, 2.05) is 0 Å². The molecule has 0 saturated carbocycles. The molecule has 1 unspecified atom stereocenters. The number of carbonyl (C=O) groups excluding carboxylic acids is 1. The molecule has 1 rings (SSSR count). The molecule has 1 fully saturated rings. The Labute approximate surface area is 62.2 Å². The lowest BCUT2D eigenvalue weighted by atomic mass is 10.0. The number of hydrogen-bond donors (Lipinski definition) is 0. The van der Waals surface area contributed by atoms with Crippen molar-refractivity contribution < 1.29 is 13.6 Å². The predicted octanol–water partition coefficient (Wildman–Crippen LogP) is 1.57. The molecule has 1 heterocycles. The maximum absolute atomic E-state index is 11.7. The summed E-state index contributed by atoms with van der Waals surface area (Å²) >= 11 is 1.45. The first-order valence-electron chi connectivity index (χ1n) is 3.08. The van der Waals surface area contributed by atoms with Gasteiger partial charge in [0.25, 0.3) is 0 Å². The number of thioether (sulfide) groups is 1. The van der Waals surface area contributed by atoms with Gasteiger partial charge in [0.1, 0.15) is 5.78 Å². The van der Waals surface area contributed by atoms with Gasteiger partial charge in [-0.3, -0.25) is 4.79 Å². The second-order valence-electron chi connectivity index (χ2n) is 2.31. The molecule has 0 amide bonds. The summed E-state index contributed by atoms with van der Waals surface area (Å²) in [7, 11) is 0. The van der Waals surface area contributed by atoms with E-state index in [2.05, 4.69) is 0 Å². The highest BCUT2D eigenvalue weighted by Gasteiger charge is 2.27. The highest BCUT2D eigenvalue weighted by atomic mass is 32.2. The summed E-state index contributed by atoms with van der Waals surface area (Å²) in [5.41, 5.74) is 0. The summed E-state index contributed by atoms with van der Waals surface area (Å²) in [5.74, 6) is 0.635. The van der Waals surface area contributed by atoms with Crippen LogP contribution in [0.15, 0.2) is 0 Å². The maximum Gasteiger partial charge on any atom is 0.239 e. The van der Waals surface area contributed by atoms with Gasteiger partial charge in [-0.25, -0.2) is 8.78 Å². The molecule has 0 aliphatic carbocycles. The monoisotopic (exact) mass is 166 g/mol. The Morgan fingerprint density at radius 2 is 2.40 bits per heavy atom. The van der Waals surface area contributed by atoms with Crippen LogP contribution in [0.25, 0.3) is 0 Å². The lowest BCUT2D eigenvalue weighted by Crippen LogP contribution is -2.14. The van der Waals surface area contributed by atoms with E-state index in [4.69, 9.17) is 0 Å². The van der Waals surface area contributed by atoms with Gasteiger partial charge < -0.3 is 0 Å². The van der Waals surface area contributed by atoms with Crippen molar-refractivity contribution in [3.05, 3.63) is 0 Å². The molecule has 1 saturated heterocycles. The fraction of sp³-hybridized carbons (Fsp3) is 0.833. The lowest BCUT2D eigenvalue weighted by molar-refractivity contribution is -0.120. The minimum Gasteiger partial charge on any atom is -0.298 e. The Hall–Kier alpha value is -0.120. The molecule has 1 aliphatic heterocycles. The summed E-state index contributed by atoms with van der Waals surface area (Å²) in [6.07, 6.45) is -2.57. The van der Waals surface area contributed by atoms with Gasteiger partial charge in [0.05, 0.1) is 5.75 Å². The Morgan fingerprint density at radius 3 is 2.80 bits per heavy atom. The van der Waals surface area contributed by atoms with E-state index < -0.39 is 6.43 Å². The number of hydrogen-bond acceptors (Lipinski definition) is 2. The first-order valence-corrected chi connectivity index (χ1v) is 4.24. The van der Waals surface area contributed by atoms with E-state index >= 15 is 0 Å². The van der Waals surface area contributed by atoms with Crippen molar-refractivity contribution in [2.75, 3.05) is 11.5 Å². The zero-order valence-electron chi connectivity index (χ0n) is 5.35. The van der Waals surface area contributed by atoms with E-state index in [0.717, 1.165) is 0 Å². The van der Waals surface area contributed by atoms with Crippen LogP contribution < -0.4 is 0 Å². The topological polar surface area (TPSA) is 17.1 Å². The average molecular weight is 166 g/mol. The van der Waals surface area contributed by atoms with Crippen LogP contribution in [0.3, 0.4) is 0 Å². The second kappa shape index (κ2) is 3.32. The molecule has 1 aliphatic rings. The Morgan fingerprint density at radius 1 is 1.70 bits per heavy atom. The number of carbonyl (C=O) groups is 1. The van der Waals surface area contributed by atoms with E-state index in [-0.39, 0.29) is 18.1 Å². The number of halogens is 2. The third-order valence-electron chi connectivity index (χ3n) is 1.48. The highest BCUT2D eigenvalue weighted by molar-refractivity contribution is 8.00. The lowest BCUT2D eigenvalue weighted by Gasteiger charge is -2.03. The Bertz CT molecular complexity index is 138. The number of alkyl halides is 2. The van der Waals surface area contributed by atoms with Gasteiger partial charge in [0.2, 0.25) is 6.43 Å². The Balaban J connectivity index is 2.33. The van der Waals surface area contributed by atoms with Gasteiger partial charge in [-0.2, -0.15) is 11.8 Å². The van der Waals surface area contributed by atoms with E-state index in [9.17, 15) is 13.6 Å². The third-order valence-corrected chi connectivity index (χ3v) is 2.61. The number of Topliss-reactive ketones (excluding diaryl/α,β-unsaturated/α-hetero) is 1. The van der Waals surface area contributed by atoms with Crippen molar-refractivity contribution in [2.24, 2.45) is 5.92 Å². The molecule has 1 nitrogen and oxygen atoms in total. The van der Waals surface area contributed by atoms with Crippen molar-refractivity contribution in [3.63, 3.8) is 0 Å². The van der Waals surface area contributed by atoms with Crippen molar-refractivity contribution >= 4 is 17.5 Å². The molecule has 0 aromatic carbocycles. The quantitative estimate of drug-likeness (QED) is 0.619. The van der Waals surface area contributed by atoms with Gasteiger partial charge in [-0.1, -0.05) is 0 Å². The van der Waals surface area contributed by atoms with Crippen LogP contribution in [-0.2, 0) is 4.79 Å². The summed E-state index contributed by atoms with van der Waals surface area (Å²) < 4.78 is 23.4. The van der Waals surface area contributed by atoms with E-state index in [1.54, 1.807) is 0 Å². The van der Waals surface area contributed by atoms with Crippen molar-refractivity contribution in [1.29, 1.82) is 0 Å². The molecular weight excluding hydrogens is 158 g/mol. The van der Waals surface area contributed by atoms with Crippen molar-refractivity contribution in [2.45, 2.75) is 12.8 Å². The molecule has 10 heavy (non-hydrogen) atoms. The van der Waals surface area contributed by atoms with Crippen LogP contribution in [0.4, 0.5) is 8.78 Å². The summed E-state index contributed by atoms with van der Waals surface area (Å²) in [6, 6.07) is 0. The molecule has 0 aromatic heterocycles. The molecule has 0 spiro atoms.